The number of carbonyl (C=O) groups excluding carboxylic acids is 9. The SMILES string of the molecule is CC[C@H](O)[C@@H](C)[C@H]1O[C@@H]1C[C@@](C)(O)/C=C/C=C(\C)[C@H]1OC(=O)C[C@H](O)CC[C@@](C)(O)[C@@H](OC(=O)N2CCN(C(=O)OCc3ccc(NC(=O)[C@H](CCCNC(N)=O)NC(=O)[C@@H](NC(=O)CCOCCOCCN4C(=O)C=CC4=O)C(C)C)cc3)CC2)/C=C/[C@@H]1C. The van der Waals surface area contributed by atoms with Crippen molar-refractivity contribution in [2.45, 2.75) is 173 Å². The molecule has 4 aliphatic heterocycles. The van der Waals surface area contributed by atoms with Crippen LogP contribution in [-0.2, 0) is 63.8 Å². The van der Waals surface area contributed by atoms with E-state index >= 15 is 0 Å². The summed E-state index contributed by atoms with van der Waals surface area (Å²) < 4.78 is 34.1. The highest BCUT2D eigenvalue weighted by molar-refractivity contribution is 6.12. The van der Waals surface area contributed by atoms with Gasteiger partial charge >= 0.3 is 24.2 Å². The number of aliphatic hydroxyl groups excluding tert-OH is 2. The van der Waals surface area contributed by atoms with E-state index in [0.29, 0.717) is 29.7 Å². The van der Waals surface area contributed by atoms with Gasteiger partial charge in [0.1, 0.15) is 30.4 Å². The van der Waals surface area contributed by atoms with E-state index in [1.807, 2.05) is 13.8 Å². The Balaban J connectivity index is 1.09. The van der Waals surface area contributed by atoms with Crippen molar-refractivity contribution < 1.29 is 92.0 Å². The molecule has 0 aromatic heterocycles. The minimum atomic E-state index is -1.68. The molecule has 0 aliphatic carbocycles. The number of primary amides is 1. The Morgan fingerprint density at radius 3 is 2.19 bits per heavy atom. The Hall–Kier alpha value is -7.27. The molecule has 4 heterocycles. The molecular formula is C63H94N8O19. The van der Waals surface area contributed by atoms with Crippen LogP contribution in [0.4, 0.5) is 20.1 Å². The molecule has 0 unspecified atom stereocenters. The molecule has 10 N–H and O–H groups in total. The number of amides is 9. The number of carbonyl (C=O) groups is 9. The number of rotatable bonds is 30. The van der Waals surface area contributed by atoms with E-state index in [9.17, 15) is 63.6 Å². The first kappa shape index (κ1) is 73.5. The van der Waals surface area contributed by atoms with Gasteiger partial charge in [0, 0.05) is 75.2 Å². The molecule has 2 fully saturated rings. The standard InChI is InChI=1S/C63H94N8O19/c1-9-47(73)42(6)56-48(88-56)37-62(7,83)24-10-12-40(4)55-41(5)14-19-49(63(8,84)25-22-45(72)36-53(77)90-55)89-61(82)70-29-27-69(28-30-70)60(81)87-38-43-15-17-44(18-16-43)66-57(78)46(13-11-26-65-59(64)80)67-58(79)54(39(2)3)68-50(74)23-32-85-34-35-86-33-31-71-51(75)20-21-52(71)76/h10,12,14-21,24,39,41-42,45-49,54-56,72-73,83-84H,9,11,13,22-23,25-38H2,1-8H3,(H,66,78)(H,67,79)(H,68,74)(H3,64,65,80)/b19-14+,24-10+,40-12+/t41-,42+,45+,46-,47-,48+,49-,54-,55+,56+,62-,63+/m0/s1. The monoisotopic (exact) mass is 1270 g/mol. The fourth-order valence-corrected chi connectivity index (χ4v) is 10.3. The largest absolute Gasteiger partial charge is 0.457 e. The molecule has 9 amide bonds. The Morgan fingerprint density at radius 1 is 0.911 bits per heavy atom. The molecule has 0 saturated carbocycles. The maximum Gasteiger partial charge on any atom is 0.410 e. The van der Waals surface area contributed by atoms with E-state index in [-0.39, 0.29) is 129 Å². The Bertz CT molecular complexity index is 2710. The summed E-state index contributed by atoms with van der Waals surface area (Å²) in [5, 5.41) is 54.6. The number of imide groups is 1. The summed E-state index contributed by atoms with van der Waals surface area (Å²) in [5.74, 6) is -4.12. The molecule has 27 heteroatoms. The average molecular weight is 1270 g/mol. The third-order valence-electron chi connectivity index (χ3n) is 16.0. The zero-order valence-corrected chi connectivity index (χ0v) is 53.0. The third-order valence-corrected chi connectivity index (χ3v) is 16.0. The van der Waals surface area contributed by atoms with Crippen molar-refractivity contribution in [1.29, 1.82) is 0 Å². The topological polar surface area (TPSA) is 377 Å². The van der Waals surface area contributed by atoms with E-state index in [2.05, 4.69) is 21.3 Å². The number of hydrogen-bond acceptors (Lipinski definition) is 19. The van der Waals surface area contributed by atoms with E-state index in [1.165, 1.54) is 28.9 Å². The van der Waals surface area contributed by atoms with Crippen molar-refractivity contribution in [2.75, 3.05) is 71.0 Å². The molecule has 2 saturated heterocycles. The highest BCUT2D eigenvalue weighted by Gasteiger charge is 2.47. The van der Waals surface area contributed by atoms with Crippen LogP contribution in [0.2, 0.25) is 0 Å². The smallest absolute Gasteiger partial charge is 0.410 e. The van der Waals surface area contributed by atoms with Crippen LogP contribution in [-0.4, -0.2) is 214 Å². The number of aliphatic hydroxyl groups is 4. The number of urea groups is 1. The third kappa shape index (κ3) is 24.2. The number of nitrogens with two attached hydrogens (primary N) is 1. The number of anilines is 1. The summed E-state index contributed by atoms with van der Waals surface area (Å²) in [6, 6.07) is 3.54. The van der Waals surface area contributed by atoms with Gasteiger partial charge in [-0.15, -0.1) is 0 Å². The van der Waals surface area contributed by atoms with Crippen molar-refractivity contribution >= 4 is 59.4 Å². The van der Waals surface area contributed by atoms with Crippen LogP contribution in [0.25, 0.3) is 0 Å². The summed E-state index contributed by atoms with van der Waals surface area (Å²) in [4.78, 5) is 119. The molecule has 0 bridgehead atoms. The summed E-state index contributed by atoms with van der Waals surface area (Å²) in [6.07, 6.45) is 5.95. The van der Waals surface area contributed by atoms with Crippen LogP contribution in [0.3, 0.4) is 0 Å². The first-order valence-corrected chi connectivity index (χ1v) is 30.9. The molecular weight excluding hydrogens is 1170 g/mol. The van der Waals surface area contributed by atoms with Gasteiger partial charge in [-0.2, -0.15) is 0 Å². The van der Waals surface area contributed by atoms with Crippen molar-refractivity contribution in [1.82, 2.24) is 30.7 Å². The second kappa shape index (κ2) is 35.4. The number of benzene rings is 1. The van der Waals surface area contributed by atoms with E-state index in [0.717, 1.165) is 4.90 Å². The first-order valence-electron chi connectivity index (χ1n) is 30.9. The summed E-state index contributed by atoms with van der Waals surface area (Å²) in [6.45, 7) is 14.8. The van der Waals surface area contributed by atoms with Crippen LogP contribution in [0, 0.1) is 17.8 Å². The lowest BCUT2D eigenvalue weighted by Gasteiger charge is -2.37. The van der Waals surface area contributed by atoms with Crippen molar-refractivity contribution in [3.05, 3.63) is 77.9 Å². The predicted octanol–water partition coefficient (Wildman–Crippen LogP) is 3.02. The molecule has 0 spiro atoms. The van der Waals surface area contributed by atoms with Crippen LogP contribution >= 0.6 is 0 Å². The lowest BCUT2D eigenvalue weighted by Crippen LogP contribution is -2.54. The number of allylic oxidation sites excluding steroid dienone is 2. The number of epoxide rings is 1. The second-order valence-electron chi connectivity index (χ2n) is 24.2. The fraction of sp³-hybridized carbons (Fsp3) is 0.635. The van der Waals surface area contributed by atoms with E-state index in [4.69, 9.17) is 34.2 Å². The highest BCUT2D eigenvalue weighted by Crippen LogP contribution is 2.38. The second-order valence-corrected chi connectivity index (χ2v) is 24.2. The molecule has 12 atom stereocenters. The number of piperazine rings is 1. The molecule has 90 heavy (non-hydrogen) atoms. The molecule has 27 nitrogen and oxygen atoms in total. The molecule has 5 rings (SSSR count). The molecule has 1 aromatic rings. The number of esters is 1. The lowest BCUT2D eigenvalue weighted by atomic mass is 9.88. The number of nitrogens with one attached hydrogen (secondary N) is 4. The van der Waals surface area contributed by atoms with Crippen molar-refractivity contribution in [3.63, 3.8) is 0 Å². The highest BCUT2D eigenvalue weighted by atomic mass is 16.6. The van der Waals surface area contributed by atoms with Crippen molar-refractivity contribution in [3.8, 4) is 0 Å². The number of ether oxygens (including phenoxy) is 6. The fourth-order valence-electron chi connectivity index (χ4n) is 10.3. The maximum atomic E-state index is 13.7. The summed E-state index contributed by atoms with van der Waals surface area (Å²) >= 11 is 0. The predicted molar refractivity (Wildman–Crippen MR) is 327 cm³/mol. The maximum absolute atomic E-state index is 13.7. The van der Waals surface area contributed by atoms with Gasteiger partial charge in [-0.25, -0.2) is 14.4 Å². The molecule has 4 aliphatic rings. The van der Waals surface area contributed by atoms with Gasteiger partial charge in [0.25, 0.3) is 11.8 Å². The van der Waals surface area contributed by atoms with Crippen LogP contribution in [0.15, 0.2) is 72.4 Å². The van der Waals surface area contributed by atoms with Crippen LogP contribution in [0.5, 0.6) is 0 Å². The Labute approximate surface area is 526 Å². The van der Waals surface area contributed by atoms with Gasteiger partial charge in [-0.3, -0.25) is 33.7 Å². The zero-order valence-electron chi connectivity index (χ0n) is 53.0. The summed E-state index contributed by atoms with van der Waals surface area (Å²) in [5.41, 5.74) is 3.85. The zero-order chi connectivity index (χ0) is 66.3. The minimum absolute atomic E-state index is 0.0104. The van der Waals surface area contributed by atoms with Crippen molar-refractivity contribution in [2.24, 2.45) is 23.5 Å². The van der Waals surface area contributed by atoms with Gasteiger partial charge in [-0.05, 0) is 88.1 Å². The van der Waals surface area contributed by atoms with Gasteiger partial charge < -0.3 is 85.6 Å². The van der Waals surface area contributed by atoms with Gasteiger partial charge in [0.15, 0.2) is 6.10 Å². The molecule has 0 radical (unpaired) electrons. The van der Waals surface area contributed by atoms with Gasteiger partial charge in [0.05, 0.1) is 69.4 Å². The first-order chi connectivity index (χ1) is 42.6. The lowest BCUT2D eigenvalue weighted by molar-refractivity contribution is -0.151. The molecule has 1 aromatic carbocycles. The quantitative estimate of drug-likeness (QED) is 0.0102. The van der Waals surface area contributed by atoms with Gasteiger partial charge in [0.2, 0.25) is 17.7 Å². The average Bonchev–Trinajstić information content (AvgIpc) is 2.01. The number of nitrogens with zero attached hydrogens (tertiary/aromatic N) is 3. The summed E-state index contributed by atoms with van der Waals surface area (Å²) in [7, 11) is 0. The number of cyclic esters (lactones) is 1. The van der Waals surface area contributed by atoms with E-state index < -0.39 is 113 Å². The van der Waals surface area contributed by atoms with Crippen LogP contribution in [0.1, 0.15) is 112 Å². The Morgan fingerprint density at radius 2 is 1.56 bits per heavy atom. The van der Waals surface area contributed by atoms with Crippen LogP contribution < -0.4 is 27.0 Å². The van der Waals surface area contributed by atoms with Gasteiger partial charge in [-0.1, -0.05) is 71.1 Å². The van der Waals surface area contributed by atoms with E-state index in [1.54, 1.807) is 89.3 Å². The number of hydrogen-bond donors (Lipinski definition) is 9. The molecule has 500 valence electrons. The normalized spacial score (nSPS) is 24.8. The minimum Gasteiger partial charge on any atom is -0.457 e. The Kier molecular flexibility index (Phi) is 28.9.